The van der Waals surface area contributed by atoms with E-state index in [0.29, 0.717) is 37.0 Å². The van der Waals surface area contributed by atoms with E-state index in [9.17, 15) is 13.2 Å². The maximum Gasteiger partial charge on any atom is 0.243 e. The van der Waals surface area contributed by atoms with Crippen LogP contribution in [0.3, 0.4) is 0 Å². The minimum absolute atomic E-state index is 0.178. The van der Waals surface area contributed by atoms with Crippen LogP contribution in [0.1, 0.15) is 31.7 Å². The van der Waals surface area contributed by atoms with Crippen molar-refractivity contribution in [2.75, 3.05) is 32.7 Å². The third kappa shape index (κ3) is 4.31. The first kappa shape index (κ1) is 17.9. The number of sulfonamides is 1. The van der Waals surface area contributed by atoms with Crippen LogP contribution in [0.2, 0.25) is 0 Å². The zero-order valence-electron chi connectivity index (χ0n) is 13.7. The first-order chi connectivity index (χ1) is 10.8. The van der Waals surface area contributed by atoms with Crippen molar-refractivity contribution in [3.05, 3.63) is 29.8 Å². The molecular formula is C16H25N3O3S. The summed E-state index contributed by atoms with van der Waals surface area (Å²) in [5.41, 5.74) is 6.32. The number of rotatable bonds is 6. The third-order valence-corrected chi connectivity index (χ3v) is 6.32. The van der Waals surface area contributed by atoms with Crippen LogP contribution < -0.4 is 5.73 Å². The molecule has 0 aliphatic carbocycles. The van der Waals surface area contributed by atoms with Crippen molar-refractivity contribution in [3.63, 3.8) is 0 Å². The highest BCUT2D eigenvalue weighted by Crippen LogP contribution is 2.23. The van der Waals surface area contributed by atoms with Crippen molar-refractivity contribution in [1.82, 2.24) is 9.21 Å². The molecule has 1 saturated heterocycles. The van der Waals surface area contributed by atoms with Gasteiger partial charge < -0.3 is 5.73 Å². The minimum Gasteiger partial charge on any atom is -0.369 e. The molecule has 6 nitrogen and oxygen atoms in total. The van der Waals surface area contributed by atoms with Gasteiger partial charge in [-0.15, -0.1) is 0 Å². The summed E-state index contributed by atoms with van der Waals surface area (Å²) >= 11 is 0. The van der Waals surface area contributed by atoms with Gasteiger partial charge in [-0.05, 0) is 30.0 Å². The number of primary amides is 1. The van der Waals surface area contributed by atoms with Crippen LogP contribution in [-0.4, -0.2) is 56.3 Å². The summed E-state index contributed by atoms with van der Waals surface area (Å²) < 4.78 is 26.8. The van der Waals surface area contributed by atoms with E-state index in [2.05, 4.69) is 13.8 Å². The van der Waals surface area contributed by atoms with Gasteiger partial charge in [0.15, 0.2) is 0 Å². The molecule has 7 heteroatoms. The number of carbonyl (C=O) groups excluding carboxylic acids is 1. The molecule has 0 spiro atoms. The fourth-order valence-corrected chi connectivity index (χ4v) is 4.12. The molecule has 1 aromatic carbocycles. The zero-order chi connectivity index (χ0) is 17.0. The Kier molecular flexibility index (Phi) is 5.78. The lowest BCUT2D eigenvalue weighted by atomic mass is 9.99. The lowest BCUT2D eigenvalue weighted by molar-refractivity contribution is -0.119. The number of carbonyl (C=O) groups is 1. The quantitative estimate of drug-likeness (QED) is 0.838. The van der Waals surface area contributed by atoms with E-state index < -0.39 is 10.0 Å². The van der Waals surface area contributed by atoms with E-state index in [1.54, 1.807) is 12.1 Å². The largest absolute Gasteiger partial charge is 0.369 e. The summed E-state index contributed by atoms with van der Waals surface area (Å²) in [6, 6.07) is 7.16. The van der Waals surface area contributed by atoms with Crippen molar-refractivity contribution in [3.8, 4) is 0 Å². The lowest BCUT2D eigenvalue weighted by Gasteiger charge is -2.33. The number of piperazine rings is 1. The normalized spacial score (nSPS) is 18.7. The Balaban J connectivity index is 2.06. The lowest BCUT2D eigenvalue weighted by Crippen LogP contribution is -2.50. The Morgan fingerprint density at radius 3 is 2.22 bits per heavy atom. The van der Waals surface area contributed by atoms with Crippen LogP contribution in [0.5, 0.6) is 0 Å². The summed E-state index contributed by atoms with van der Waals surface area (Å²) in [7, 11) is -3.47. The van der Waals surface area contributed by atoms with Gasteiger partial charge >= 0.3 is 0 Å². The van der Waals surface area contributed by atoms with Crippen molar-refractivity contribution in [1.29, 1.82) is 0 Å². The standard InChI is InChI=1S/C16H25N3O3S/c1-3-13(2)14-4-6-15(7-5-14)23(21,22)19-10-8-18(9-11-19)12-16(17)20/h4-7,13H,3,8-12H2,1-2H3,(H2,17,20)/t13-/m0/s1. The Bertz CT molecular complexity index is 635. The number of nitrogens with two attached hydrogens (primary N) is 1. The average molecular weight is 339 g/mol. The number of benzene rings is 1. The number of hydrogen-bond donors (Lipinski definition) is 1. The van der Waals surface area contributed by atoms with Crippen molar-refractivity contribution in [2.45, 2.75) is 31.1 Å². The maximum absolute atomic E-state index is 12.7. The Morgan fingerprint density at radius 1 is 1.17 bits per heavy atom. The van der Waals surface area contributed by atoms with E-state index in [0.717, 1.165) is 12.0 Å². The maximum atomic E-state index is 12.7. The fourth-order valence-electron chi connectivity index (χ4n) is 2.70. The van der Waals surface area contributed by atoms with Crippen LogP contribution in [0.15, 0.2) is 29.2 Å². The molecule has 1 amide bonds. The van der Waals surface area contributed by atoms with Gasteiger partial charge in [-0.3, -0.25) is 9.69 Å². The highest BCUT2D eigenvalue weighted by Gasteiger charge is 2.28. The third-order valence-electron chi connectivity index (χ3n) is 4.41. The van der Waals surface area contributed by atoms with E-state index >= 15 is 0 Å². The SMILES string of the molecule is CC[C@H](C)c1ccc(S(=O)(=O)N2CCN(CC(N)=O)CC2)cc1. The molecule has 128 valence electrons. The molecule has 1 fully saturated rings. The minimum atomic E-state index is -3.47. The van der Waals surface area contributed by atoms with Gasteiger partial charge in [0.2, 0.25) is 15.9 Å². The van der Waals surface area contributed by atoms with Gasteiger partial charge in [0.25, 0.3) is 0 Å². The molecule has 0 aromatic heterocycles. The molecular weight excluding hydrogens is 314 g/mol. The van der Waals surface area contributed by atoms with Crippen molar-refractivity contribution >= 4 is 15.9 Å². The fraction of sp³-hybridized carbons (Fsp3) is 0.562. The second-order valence-corrected chi connectivity index (χ2v) is 7.96. The van der Waals surface area contributed by atoms with Gasteiger partial charge in [0.1, 0.15) is 0 Å². The monoisotopic (exact) mass is 339 g/mol. The number of nitrogens with zero attached hydrogens (tertiary/aromatic N) is 2. The summed E-state index contributed by atoms with van der Waals surface area (Å²) in [6.45, 7) is 6.21. The van der Waals surface area contributed by atoms with Gasteiger partial charge in [-0.25, -0.2) is 8.42 Å². The molecule has 1 atom stereocenters. The second kappa shape index (κ2) is 7.42. The molecule has 2 rings (SSSR count). The molecule has 0 unspecified atom stereocenters. The molecule has 0 bridgehead atoms. The number of amides is 1. The molecule has 1 aliphatic rings. The highest BCUT2D eigenvalue weighted by atomic mass is 32.2. The summed E-state index contributed by atoms with van der Waals surface area (Å²) in [5.74, 6) is 0.0334. The van der Waals surface area contributed by atoms with Gasteiger partial charge in [0, 0.05) is 26.2 Å². The molecule has 2 N–H and O–H groups in total. The van der Waals surface area contributed by atoms with Crippen molar-refractivity contribution < 1.29 is 13.2 Å². The Hall–Kier alpha value is -1.44. The Labute approximate surface area is 138 Å². The van der Waals surface area contributed by atoms with Gasteiger partial charge in [-0.2, -0.15) is 4.31 Å². The second-order valence-electron chi connectivity index (χ2n) is 6.02. The van der Waals surface area contributed by atoms with Crippen LogP contribution in [0, 0.1) is 0 Å². The van der Waals surface area contributed by atoms with Gasteiger partial charge in [-0.1, -0.05) is 26.0 Å². The predicted octanol–water partition coefficient (Wildman–Crippen LogP) is 0.992. The van der Waals surface area contributed by atoms with Gasteiger partial charge in [0.05, 0.1) is 11.4 Å². The van der Waals surface area contributed by atoms with E-state index in [1.165, 1.54) is 4.31 Å². The average Bonchev–Trinajstić information content (AvgIpc) is 2.54. The molecule has 0 radical (unpaired) electrons. The molecule has 1 aromatic rings. The van der Waals surface area contributed by atoms with Crippen LogP contribution >= 0.6 is 0 Å². The first-order valence-electron chi connectivity index (χ1n) is 7.95. The van der Waals surface area contributed by atoms with E-state index in [-0.39, 0.29) is 12.5 Å². The number of hydrogen-bond acceptors (Lipinski definition) is 4. The summed E-state index contributed by atoms with van der Waals surface area (Å²) in [5, 5.41) is 0. The molecule has 1 aliphatic heterocycles. The topological polar surface area (TPSA) is 83.7 Å². The van der Waals surface area contributed by atoms with Crippen LogP contribution in [-0.2, 0) is 14.8 Å². The zero-order valence-corrected chi connectivity index (χ0v) is 14.6. The molecule has 1 heterocycles. The molecule has 23 heavy (non-hydrogen) atoms. The molecule has 0 saturated carbocycles. The summed E-state index contributed by atoms with van der Waals surface area (Å²) in [4.78, 5) is 13.1. The summed E-state index contributed by atoms with van der Waals surface area (Å²) in [6.07, 6.45) is 1.02. The van der Waals surface area contributed by atoms with Crippen LogP contribution in [0.25, 0.3) is 0 Å². The smallest absolute Gasteiger partial charge is 0.243 e. The van der Waals surface area contributed by atoms with E-state index in [1.807, 2.05) is 17.0 Å². The highest BCUT2D eigenvalue weighted by molar-refractivity contribution is 7.89. The first-order valence-corrected chi connectivity index (χ1v) is 9.39. The van der Waals surface area contributed by atoms with Crippen molar-refractivity contribution in [2.24, 2.45) is 5.73 Å². The predicted molar refractivity (Wildman–Crippen MR) is 89.5 cm³/mol. The van der Waals surface area contributed by atoms with E-state index in [4.69, 9.17) is 5.73 Å². The Morgan fingerprint density at radius 2 is 1.74 bits per heavy atom. The van der Waals surface area contributed by atoms with Crippen LogP contribution in [0.4, 0.5) is 0 Å².